The van der Waals surface area contributed by atoms with E-state index in [2.05, 4.69) is 75.8 Å². The van der Waals surface area contributed by atoms with E-state index in [1.807, 2.05) is 26.2 Å². The lowest BCUT2D eigenvalue weighted by Crippen LogP contribution is -2.08. The van der Waals surface area contributed by atoms with Crippen molar-refractivity contribution in [3.05, 3.63) is 59.3 Å². The molecule has 1 aromatic heterocycles. The Kier molecular flexibility index (Phi) is 5.02. The Hall–Kier alpha value is -3.15. The lowest BCUT2D eigenvalue weighted by molar-refractivity contribution is 0.980. The van der Waals surface area contributed by atoms with Gasteiger partial charge in [0.25, 0.3) is 0 Å². The van der Waals surface area contributed by atoms with Crippen LogP contribution in [0.4, 0.5) is 28.8 Å². The highest BCUT2D eigenvalue weighted by atomic mass is 15.3. The van der Waals surface area contributed by atoms with Gasteiger partial charge in [-0.3, -0.25) is 0 Å². The Labute approximate surface area is 154 Å². The quantitative estimate of drug-likeness (QED) is 0.714. The van der Waals surface area contributed by atoms with Crippen LogP contribution in [0.25, 0.3) is 0 Å². The minimum Gasteiger partial charge on any atom is -0.378 e. The average Bonchev–Trinajstić information content (AvgIpc) is 2.59. The van der Waals surface area contributed by atoms with Crippen LogP contribution in [0.15, 0.2) is 42.6 Å². The second-order valence-corrected chi connectivity index (χ2v) is 6.63. The smallest absolute Gasteiger partial charge is 0.249 e. The first-order valence-electron chi connectivity index (χ1n) is 8.51. The number of nitrogens with zero attached hydrogens (tertiary/aromatic N) is 4. The van der Waals surface area contributed by atoms with Gasteiger partial charge in [-0.05, 0) is 56.2 Å². The molecule has 6 nitrogen and oxygen atoms in total. The van der Waals surface area contributed by atoms with Crippen LogP contribution in [-0.4, -0.2) is 29.3 Å². The molecule has 0 aliphatic heterocycles. The summed E-state index contributed by atoms with van der Waals surface area (Å²) >= 11 is 0. The molecule has 0 amide bonds. The highest BCUT2D eigenvalue weighted by molar-refractivity contribution is 5.65. The monoisotopic (exact) mass is 348 g/mol. The third-order valence-electron chi connectivity index (χ3n) is 4.13. The summed E-state index contributed by atoms with van der Waals surface area (Å²) < 4.78 is 0. The summed E-state index contributed by atoms with van der Waals surface area (Å²) in [6.45, 7) is 6.24. The highest BCUT2D eigenvalue weighted by Crippen LogP contribution is 2.25. The Morgan fingerprint density at radius 1 is 0.885 bits per heavy atom. The van der Waals surface area contributed by atoms with Crippen molar-refractivity contribution >= 4 is 28.8 Å². The van der Waals surface area contributed by atoms with Gasteiger partial charge in [-0.25, -0.2) is 0 Å². The normalized spacial score (nSPS) is 10.5. The van der Waals surface area contributed by atoms with Crippen molar-refractivity contribution in [1.82, 2.24) is 15.2 Å². The summed E-state index contributed by atoms with van der Waals surface area (Å²) in [7, 11) is 4.04. The van der Waals surface area contributed by atoms with Gasteiger partial charge >= 0.3 is 0 Å². The fourth-order valence-electron chi connectivity index (χ4n) is 2.90. The molecule has 2 aromatic carbocycles. The van der Waals surface area contributed by atoms with E-state index in [4.69, 9.17) is 0 Å². The van der Waals surface area contributed by atoms with E-state index in [1.165, 1.54) is 5.56 Å². The Morgan fingerprint density at radius 2 is 1.54 bits per heavy atom. The SMILES string of the molecule is Cc1cc(C)c(Nc2nncc(Nc3ccc(N(C)C)cc3)n2)c(C)c1. The van der Waals surface area contributed by atoms with Crippen LogP contribution < -0.4 is 15.5 Å². The zero-order valence-corrected chi connectivity index (χ0v) is 15.8. The maximum atomic E-state index is 4.52. The highest BCUT2D eigenvalue weighted by Gasteiger charge is 2.07. The van der Waals surface area contributed by atoms with Gasteiger partial charge in [0.05, 0.1) is 6.20 Å². The second-order valence-electron chi connectivity index (χ2n) is 6.63. The number of benzene rings is 2. The van der Waals surface area contributed by atoms with Gasteiger partial charge in [0.2, 0.25) is 5.95 Å². The number of hydrogen-bond acceptors (Lipinski definition) is 6. The molecular weight excluding hydrogens is 324 g/mol. The largest absolute Gasteiger partial charge is 0.378 e. The zero-order chi connectivity index (χ0) is 18.7. The Bertz CT molecular complexity index is 879. The second kappa shape index (κ2) is 7.39. The minimum absolute atomic E-state index is 0.468. The molecular formula is C20H24N6. The van der Waals surface area contributed by atoms with Crippen LogP contribution in [0.5, 0.6) is 0 Å². The topological polar surface area (TPSA) is 66.0 Å². The first-order chi connectivity index (χ1) is 12.4. The van der Waals surface area contributed by atoms with Gasteiger partial charge in [-0.15, -0.1) is 5.10 Å². The number of rotatable bonds is 5. The van der Waals surface area contributed by atoms with Crippen LogP contribution in [0.3, 0.4) is 0 Å². The molecule has 3 aromatic rings. The van der Waals surface area contributed by atoms with Crippen molar-refractivity contribution in [3.8, 4) is 0 Å². The molecule has 26 heavy (non-hydrogen) atoms. The van der Waals surface area contributed by atoms with Gasteiger partial charge in [-0.2, -0.15) is 10.1 Å². The van der Waals surface area contributed by atoms with E-state index in [0.29, 0.717) is 11.8 Å². The van der Waals surface area contributed by atoms with Crippen molar-refractivity contribution in [3.63, 3.8) is 0 Å². The van der Waals surface area contributed by atoms with Crippen LogP contribution in [-0.2, 0) is 0 Å². The molecule has 2 N–H and O–H groups in total. The van der Waals surface area contributed by atoms with E-state index in [9.17, 15) is 0 Å². The van der Waals surface area contributed by atoms with E-state index in [-0.39, 0.29) is 0 Å². The number of nitrogens with one attached hydrogen (secondary N) is 2. The Morgan fingerprint density at radius 3 is 2.15 bits per heavy atom. The first kappa shape index (κ1) is 17.7. The van der Waals surface area contributed by atoms with E-state index in [0.717, 1.165) is 28.2 Å². The molecule has 6 heteroatoms. The van der Waals surface area contributed by atoms with Crippen molar-refractivity contribution in [1.29, 1.82) is 0 Å². The predicted octanol–water partition coefficient (Wildman–Crippen LogP) is 4.35. The van der Waals surface area contributed by atoms with Gasteiger partial charge in [0, 0.05) is 31.2 Å². The maximum Gasteiger partial charge on any atom is 0.249 e. The van der Waals surface area contributed by atoms with Gasteiger partial charge in [0.1, 0.15) is 0 Å². The maximum absolute atomic E-state index is 4.52. The third-order valence-corrected chi connectivity index (χ3v) is 4.13. The molecule has 0 saturated heterocycles. The molecule has 0 bridgehead atoms. The summed E-state index contributed by atoms with van der Waals surface area (Å²) in [5, 5.41) is 14.7. The lowest BCUT2D eigenvalue weighted by Gasteiger charge is -2.14. The lowest BCUT2D eigenvalue weighted by atomic mass is 10.1. The molecule has 3 rings (SSSR count). The molecule has 0 spiro atoms. The molecule has 0 aliphatic carbocycles. The fourth-order valence-corrected chi connectivity index (χ4v) is 2.90. The molecule has 0 saturated carbocycles. The molecule has 0 radical (unpaired) electrons. The Balaban J connectivity index is 1.78. The standard InChI is InChI=1S/C20H24N6/c1-13-10-14(2)19(15(3)11-13)24-20-23-18(12-21-25-20)22-16-6-8-17(9-7-16)26(4)5/h6-12H,1-5H3,(H2,22,23,24,25). The number of aromatic nitrogens is 3. The van der Waals surface area contributed by atoms with E-state index >= 15 is 0 Å². The minimum atomic E-state index is 0.468. The van der Waals surface area contributed by atoms with E-state index < -0.39 is 0 Å². The van der Waals surface area contributed by atoms with Crippen molar-refractivity contribution in [2.45, 2.75) is 20.8 Å². The molecule has 1 heterocycles. The fraction of sp³-hybridized carbons (Fsp3) is 0.250. The zero-order valence-electron chi connectivity index (χ0n) is 15.8. The molecule has 0 fully saturated rings. The van der Waals surface area contributed by atoms with Crippen LogP contribution >= 0.6 is 0 Å². The summed E-state index contributed by atoms with van der Waals surface area (Å²) in [4.78, 5) is 6.58. The predicted molar refractivity (Wildman–Crippen MR) is 108 cm³/mol. The van der Waals surface area contributed by atoms with Crippen molar-refractivity contribution in [2.24, 2.45) is 0 Å². The van der Waals surface area contributed by atoms with Gasteiger partial charge in [-0.1, -0.05) is 17.7 Å². The third kappa shape index (κ3) is 4.08. The van der Waals surface area contributed by atoms with Crippen LogP contribution in [0.1, 0.15) is 16.7 Å². The molecule has 0 aliphatic rings. The molecule has 0 atom stereocenters. The summed E-state index contributed by atoms with van der Waals surface area (Å²) in [6, 6.07) is 12.4. The number of aryl methyl sites for hydroxylation is 3. The summed E-state index contributed by atoms with van der Waals surface area (Å²) in [5.74, 6) is 1.11. The summed E-state index contributed by atoms with van der Waals surface area (Å²) in [5.41, 5.74) is 6.66. The number of anilines is 5. The van der Waals surface area contributed by atoms with Crippen molar-refractivity contribution in [2.75, 3.05) is 29.6 Å². The van der Waals surface area contributed by atoms with Crippen molar-refractivity contribution < 1.29 is 0 Å². The summed E-state index contributed by atoms with van der Waals surface area (Å²) in [6.07, 6.45) is 1.61. The number of hydrogen-bond donors (Lipinski definition) is 2. The van der Waals surface area contributed by atoms with Gasteiger partial charge in [0.15, 0.2) is 5.82 Å². The first-order valence-corrected chi connectivity index (χ1v) is 8.51. The van der Waals surface area contributed by atoms with Crippen LogP contribution in [0, 0.1) is 20.8 Å². The average molecular weight is 348 g/mol. The molecule has 0 unspecified atom stereocenters. The van der Waals surface area contributed by atoms with Gasteiger partial charge < -0.3 is 15.5 Å². The van der Waals surface area contributed by atoms with E-state index in [1.54, 1.807) is 6.20 Å². The molecule has 134 valence electrons. The van der Waals surface area contributed by atoms with Crippen LogP contribution in [0.2, 0.25) is 0 Å².